The number of esters is 1. The van der Waals surface area contributed by atoms with Crippen LogP contribution in [0, 0.1) is 0 Å². The van der Waals surface area contributed by atoms with Crippen molar-refractivity contribution >= 4 is 23.1 Å². The van der Waals surface area contributed by atoms with Gasteiger partial charge in [-0.3, -0.25) is 0 Å². The standard InChI is InChI=1S/C11H10N2O2/c1-3-7-6-13-10-8(4-5-12-10)9(7)11(14)15-2/h3-6H,1H2,2H3,(H,12,13). The van der Waals surface area contributed by atoms with Gasteiger partial charge in [0.2, 0.25) is 0 Å². The monoisotopic (exact) mass is 202 g/mol. The summed E-state index contributed by atoms with van der Waals surface area (Å²) in [6.07, 6.45) is 4.92. The Morgan fingerprint density at radius 3 is 3.13 bits per heavy atom. The van der Waals surface area contributed by atoms with Crippen LogP contribution in [-0.2, 0) is 4.74 Å². The first-order chi connectivity index (χ1) is 7.27. The molecule has 15 heavy (non-hydrogen) atoms. The number of hydrogen-bond donors (Lipinski definition) is 1. The van der Waals surface area contributed by atoms with Gasteiger partial charge in [0.25, 0.3) is 0 Å². The molecule has 0 aliphatic heterocycles. The number of H-pyrrole nitrogens is 1. The molecule has 4 heteroatoms. The summed E-state index contributed by atoms with van der Waals surface area (Å²) in [4.78, 5) is 18.7. The van der Waals surface area contributed by atoms with Gasteiger partial charge in [0.1, 0.15) is 5.65 Å². The molecule has 0 atom stereocenters. The minimum absolute atomic E-state index is 0.378. The van der Waals surface area contributed by atoms with Crippen LogP contribution in [0.15, 0.2) is 25.0 Å². The quantitative estimate of drug-likeness (QED) is 0.757. The lowest BCUT2D eigenvalue weighted by molar-refractivity contribution is 0.0602. The lowest BCUT2D eigenvalue weighted by Crippen LogP contribution is -2.05. The average molecular weight is 202 g/mol. The summed E-state index contributed by atoms with van der Waals surface area (Å²) in [7, 11) is 1.36. The van der Waals surface area contributed by atoms with Crippen LogP contribution in [0.2, 0.25) is 0 Å². The van der Waals surface area contributed by atoms with Gasteiger partial charge in [0.05, 0.1) is 12.7 Å². The molecule has 0 spiro atoms. The number of hydrogen-bond acceptors (Lipinski definition) is 3. The molecule has 0 aliphatic rings. The molecule has 2 aromatic rings. The molecule has 0 radical (unpaired) electrons. The van der Waals surface area contributed by atoms with Crippen molar-refractivity contribution in [3.8, 4) is 0 Å². The zero-order valence-electron chi connectivity index (χ0n) is 8.28. The highest BCUT2D eigenvalue weighted by atomic mass is 16.5. The third-order valence-electron chi connectivity index (χ3n) is 2.23. The van der Waals surface area contributed by atoms with Crippen LogP contribution in [0.1, 0.15) is 15.9 Å². The molecule has 0 saturated heterocycles. The van der Waals surface area contributed by atoms with Crippen LogP contribution < -0.4 is 0 Å². The summed E-state index contributed by atoms with van der Waals surface area (Å²) < 4.78 is 4.73. The average Bonchev–Trinajstić information content (AvgIpc) is 2.74. The van der Waals surface area contributed by atoms with E-state index in [0.29, 0.717) is 16.8 Å². The molecule has 2 aromatic heterocycles. The van der Waals surface area contributed by atoms with E-state index in [4.69, 9.17) is 4.74 Å². The molecule has 76 valence electrons. The van der Waals surface area contributed by atoms with Crippen molar-refractivity contribution in [1.29, 1.82) is 0 Å². The van der Waals surface area contributed by atoms with Crippen LogP contribution in [-0.4, -0.2) is 23.0 Å². The smallest absolute Gasteiger partial charge is 0.339 e. The molecule has 2 heterocycles. The van der Waals surface area contributed by atoms with Gasteiger partial charge < -0.3 is 9.72 Å². The lowest BCUT2D eigenvalue weighted by Gasteiger charge is -2.04. The maximum Gasteiger partial charge on any atom is 0.339 e. The fourth-order valence-corrected chi connectivity index (χ4v) is 1.51. The number of pyridine rings is 1. The van der Waals surface area contributed by atoms with E-state index in [2.05, 4.69) is 16.5 Å². The summed E-state index contributed by atoms with van der Waals surface area (Å²) in [6, 6.07) is 1.79. The number of fused-ring (bicyclic) bond motifs is 1. The Morgan fingerprint density at radius 2 is 2.47 bits per heavy atom. The highest BCUT2D eigenvalue weighted by Gasteiger charge is 2.15. The third-order valence-corrected chi connectivity index (χ3v) is 2.23. The molecule has 0 amide bonds. The Hall–Kier alpha value is -2.10. The first-order valence-corrected chi connectivity index (χ1v) is 4.44. The lowest BCUT2D eigenvalue weighted by atomic mass is 10.1. The Balaban J connectivity index is 2.79. The van der Waals surface area contributed by atoms with E-state index in [-0.39, 0.29) is 5.97 Å². The second-order valence-corrected chi connectivity index (χ2v) is 3.02. The largest absolute Gasteiger partial charge is 0.465 e. The van der Waals surface area contributed by atoms with Crippen molar-refractivity contribution in [1.82, 2.24) is 9.97 Å². The number of aromatic amines is 1. The number of rotatable bonds is 2. The van der Waals surface area contributed by atoms with Gasteiger partial charge in [0, 0.05) is 23.3 Å². The van der Waals surface area contributed by atoms with E-state index in [9.17, 15) is 4.79 Å². The minimum Gasteiger partial charge on any atom is -0.465 e. The predicted molar refractivity (Wildman–Crippen MR) is 57.5 cm³/mol. The third kappa shape index (κ3) is 1.40. The molecule has 0 aromatic carbocycles. The first-order valence-electron chi connectivity index (χ1n) is 4.44. The fraction of sp³-hybridized carbons (Fsp3) is 0.0909. The Kier molecular flexibility index (Phi) is 2.25. The number of methoxy groups -OCH3 is 1. The summed E-state index contributed by atoms with van der Waals surface area (Å²) in [5, 5.41) is 0.749. The van der Waals surface area contributed by atoms with Crippen LogP contribution in [0.4, 0.5) is 0 Å². The molecule has 0 saturated carbocycles. The second kappa shape index (κ2) is 3.57. The molecule has 4 nitrogen and oxygen atoms in total. The van der Waals surface area contributed by atoms with E-state index in [0.717, 1.165) is 5.39 Å². The second-order valence-electron chi connectivity index (χ2n) is 3.02. The van der Waals surface area contributed by atoms with E-state index >= 15 is 0 Å². The summed E-state index contributed by atoms with van der Waals surface area (Å²) in [6.45, 7) is 3.64. The van der Waals surface area contributed by atoms with Crippen molar-refractivity contribution in [3.63, 3.8) is 0 Å². The van der Waals surface area contributed by atoms with Gasteiger partial charge in [-0.05, 0) is 6.07 Å². The van der Waals surface area contributed by atoms with Crippen molar-refractivity contribution < 1.29 is 9.53 Å². The maximum absolute atomic E-state index is 11.6. The van der Waals surface area contributed by atoms with E-state index in [1.54, 1.807) is 24.5 Å². The number of carbonyl (C=O) groups excluding carboxylic acids is 1. The Labute approximate surface area is 86.6 Å². The van der Waals surface area contributed by atoms with Gasteiger partial charge in [-0.2, -0.15) is 0 Å². The van der Waals surface area contributed by atoms with Crippen molar-refractivity contribution in [3.05, 3.63) is 36.2 Å². The van der Waals surface area contributed by atoms with Crippen LogP contribution >= 0.6 is 0 Å². The zero-order chi connectivity index (χ0) is 10.8. The molecular formula is C11H10N2O2. The molecule has 2 rings (SSSR count). The van der Waals surface area contributed by atoms with Crippen molar-refractivity contribution in [2.45, 2.75) is 0 Å². The van der Waals surface area contributed by atoms with Crippen LogP contribution in [0.3, 0.4) is 0 Å². The Morgan fingerprint density at radius 1 is 1.67 bits per heavy atom. The molecule has 1 N–H and O–H groups in total. The van der Waals surface area contributed by atoms with E-state index < -0.39 is 0 Å². The van der Waals surface area contributed by atoms with E-state index in [1.165, 1.54) is 7.11 Å². The zero-order valence-corrected chi connectivity index (χ0v) is 8.28. The van der Waals surface area contributed by atoms with Gasteiger partial charge in [-0.15, -0.1) is 0 Å². The topological polar surface area (TPSA) is 55.0 Å². The van der Waals surface area contributed by atoms with Crippen molar-refractivity contribution in [2.24, 2.45) is 0 Å². The number of nitrogens with one attached hydrogen (secondary N) is 1. The SMILES string of the molecule is C=Cc1cnc2[nH]ccc2c1C(=O)OC. The van der Waals surface area contributed by atoms with Crippen LogP contribution in [0.25, 0.3) is 17.1 Å². The molecular weight excluding hydrogens is 192 g/mol. The molecule has 0 aliphatic carbocycles. The van der Waals surface area contributed by atoms with Gasteiger partial charge in [-0.25, -0.2) is 9.78 Å². The summed E-state index contributed by atoms with van der Waals surface area (Å²) in [5.74, 6) is -0.378. The number of carbonyl (C=O) groups is 1. The number of aromatic nitrogens is 2. The minimum atomic E-state index is -0.378. The molecule has 0 bridgehead atoms. The van der Waals surface area contributed by atoms with Gasteiger partial charge >= 0.3 is 5.97 Å². The molecule has 0 fully saturated rings. The van der Waals surface area contributed by atoms with Gasteiger partial charge in [-0.1, -0.05) is 12.7 Å². The highest BCUT2D eigenvalue weighted by Crippen LogP contribution is 2.21. The number of nitrogens with zero attached hydrogens (tertiary/aromatic N) is 1. The van der Waals surface area contributed by atoms with Crippen LogP contribution in [0.5, 0.6) is 0 Å². The Bertz CT molecular complexity index is 528. The maximum atomic E-state index is 11.6. The first kappa shape index (κ1) is 9.45. The van der Waals surface area contributed by atoms with Gasteiger partial charge in [0.15, 0.2) is 0 Å². The van der Waals surface area contributed by atoms with Crippen molar-refractivity contribution in [2.75, 3.05) is 7.11 Å². The van der Waals surface area contributed by atoms with E-state index in [1.807, 2.05) is 0 Å². The normalized spacial score (nSPS) is 10.2. The summed E-state index contributed by atoms with van der Waals surface area (Å²) >= 11 is 0. The molecule has 0 unspecified atom stereocenters. The number of ether oxygens (including phenoxy) is 1. The predicted octanol–water partition coefficient (Wildman–Crippen LogP) is 1.99. The summed E-state index contributed by atoms with van der Waals surface area (Å²) in [5.41, 5.74) is 1.84. The fourth-order valence-electron chi connectivity index (χ4n) is 1.51. The highest BCUT2D eigenvalue weighted by molar-refractivity contribution is 6.05.